The molecule has 0 radical (unpaired) electrons. The number of fused-ring (bicyclic) bond motifs is 1. The first-order valence-electron chi connectivity index (χ1n) is 10.7. The zero-order chi connectivity index (χ0) is 25.4. The third-order valence-corrected chi connectivity index (χ3v) is 5.49. The minimum atomic E-state index is -4.76. The predicted molar refractivity (Wildman–Crippen MR) is 120 cm³/mol. The zero-order valence-electron chi connectivity index (χ0n) is 18.6. The van der Waals surface area contributed by atoms with Crippen molar-refractivity contribution in [2.75, 3.05) is 0 Å². The number of halogens is 3. The van der Waals surface area contributed by atoms with Crippen molar-refractivity contribution < 1.29 is 32.3 Å². The molecule has 0 saturated heterocycles. The molecule has 5 rings (SSSR count). The van der Waals surface area contributed by atoms with Crippen LogP contribution in [0.4, 0.5) is 13.2 Å². The average molecular weight is 494 g/mol. The van der Waals surface area contributed by atoms with Crippen molar-refractivity contribution in [3.63, 3.8) is 0 Å². The van der Waals surface area contributed by atoms with Gasteiger partial charge in [0.25, 0.3) is 11.8 Å². The van der Waals surface area contributed by atoms with Gasteiger partial charge in [0.05, 0.1) is 16.8 Å². The summed E-state index contributed by atoms with van der Waals surface area (Å²) in [6.07, 6.45) is -3.91. The van der Waals surface area contributed by atoms with Crippen LogP contribution < -0.4 is 4.74 Å². The third-order valence-electron chi connectivity index (χ3n) is 5.49. The highest BCUT2D eigenvalue weighted by Crippen LogP contribution is 2.28. The summed E-state index contributed by atoms with van der Waals surface area (Å²) in [7, 11) is 0. The number of hydrogen-bond acceptors (Lipinski definition) is 6. The van der Waals surface area contributed by atoms with Gasteiger partial charge in [0.2, 0.25) is 0 Å². The Bertz CT molecular complexity index is 1400. The molecule has 182 valence electrons. The number of imide groups is 1. The van der Waals surface area contributed by atoms with Gasteiger partial charge in [-0.3, -0.25) is 14.4 Å². The zero-order valence-corrected chi connectivity index (χ0v) is 18.6. The quantitative estimate of drug-likeness (QED) is 0.346. The van der Waals surface area contributed by atoms with E-state index >= 15 is 0 Å². The number of hydrogen-bond donors (Lipinski definition) is 0. The summed E-state index contributed by atoms with van der Waals surface area (Å²) in [6, 6.07) is 18.8. The van der Waals surface area contributed by atoms with Crippen LogP contribution >= 0.6 is 0 Å². The molecule has 4 aromatic rings. The van der Waals surface area contributed by atoms with Crippen LogP contribution in [0.3, 0.4) is 0 Å². The Morgan fingerprint density at radius 1 is 0.861 bits per heavy atom. The lowest BCUT2D eigenvalue weighted by atomic mass is 10.1. The van der Waals surface area contributed by atoms with E-state index in [1.807, 2.05) is 0 Å². The van der Waals surface area contributed by atoms with Crippen molar-refractivity contribution in [3.05, 3.63) is 95.8 Å². The number of carbonyl (C=O) groups excluding carboxylic acids is 2. The van der Waals surface area contributed by atoms with E-state index in [4.69, 9.17) is 4.84 Å². The van der Waals surface area contributed by atoms with Gasteiger partial charge in [-0.05, 0) is 48.9 Å². The Hall–Kier alpha value is -4.51. The summed E-state index contributed by atoms with van der Waals surface area (Å²) >= 11 is 0. The van der Waals surface area contributed by atoms with Gasteiger partial charge < -0.3 is 4.74 Å². The van der Waals surface area contributed by atoms with Crippen LogP contribution in [0.5, 0.6) is 5.75 Å². The second kappa shape index (κ2) is 8.93. The van der Waals surface area contributed by atoms with E-state index in [-0.39, 0.29) is 5.75 Å². The Balaban J connectivity index is 1.26. The van der Waals surface area contributed by atoms with Crippen molar-refractivity contribution in [1.29, 1.82) is 0 Å². The molecule has 11 heteroatoms. The normalized spacial score (nSPS) is 14.2. The van der Waals surface area contributed by atoms with Crippen LogP contribution in [0, 0.1) is 0 Å². The van der Waals surface area contributed by atoms with Gasteiger partial charge in [0.1, 0.15) is 18.2 Å². The SMILES string of the molecule is CC(ON1C(=O)c2ccccc2C1=O)c1ccc(-c2ncn(-c3ccc(OC(F)(F)F)cc3)n2)cc1. The van der Waals surface area contributed by atoms with Crippen molar-refractivity contribution in [2.24, 2.45) is 0 Å². The highest BCUT2D eigenvalue weighted by Gasteiger charge is 2.37. The molecule has 36 heavy (non-hydrogen) atoms. The van der Waals surface area contributed by atoms with E-state index in [1.165, 1.54) is 35.3 Å². The molecule has 8 nitrogen and oxygen atoms in total. The van der Waals surface area contributed by atoms with Crippen molar-refractivity contribution in [1.82, 2.24) is 19.8 Å². The summed E-state index contributed by atoms with van der Waals surface area (Å²) in [6.45, 7) is 1.72. The van der Waals surface area contributed by atoms with Gasteiger partial charge in [0.15, 0.2) is 5.82 Å². The number of benzene rings is 3. The first kappa shape index (κ1) is 23.2. The molecule has 1 aliphatic heterocycles. The van der Waals surface area contributed by atoms with E-state index in [1.54, 1.807) is 55.5 Å². The Kier molecular flexibility index (Phi) is 5.77. The molecule has 0 bridgehead atoms. The fraction of sp³-hybridized carbons (Fsp3) is 0.120. The predicted octanol–water partition coefficient (Wildman–Crippen LogP) is 5.12. The van der Waals surface area contributed by atoms with Crippen LogP contribution in [-0.4, -0.2) is 38.0 Å². The highest BCUT2D eigenvalue weighted by molar-refractivity contribution is 6.20. The molecule has 1 atom stereocenters. The number of amides is 2. The van der Waals surface area contributed by atoms with Crippen LogP contribution in [-0.2, 0) is 4.84 Å². The van der Waals surface area contributed by atoms with Gasteiger partial charge >= 0.3 is 6.36 Å². The maximum atomic E-state index is 12.5. The largest absolute Gasteiger partial charge is 0.573 e. The van der Waals surface area contributed by atoms with E-state index in [0.29, 0.717) is 28.2 Å². The summed E-state index contributed by atoms with van der Waals surface area (Å²) < 4.78 is 42.3. The molecule has 1 aliphatic rings. The summed E-state index contributed by atoms with van der Waals surface area (Å²) in [5, 5.41) is 5.14. The minimum Gasteiger partial charge on any atom is -0.406 e. The molecular formula is C25H17F3N4O4. The first-order valence-corrected chi connectivity index (χ1v) is 10.7. The summed E-state index contributed by atoms with van der Waals surface area (Å²) in [4.78, 5) is 35.0. The van der Waals surface area contributed by atoms with Gasteiger partial charge in [-0.2, -0.15) is 0 Å². The molecule has 1 unspecified atom stereocenters. The minimum absolute atomic E-state index is 0.300. The van der Waals surface area contributed by atoms with Crippen LogP contribution in [0.15, 0.2) is 79.1 Å². The summed E-state index contributed by atoms with van der Waals surface area (Å²) in [5.41, 5.74) is 2.50. The highest BCUT2D eigenvalue weighted by atomic mass is 19.4. The van der Waals surface area contributed by atoms with E-state index in [9.17, 15) is 22.8 Å². The molecule has 3 aromatic carbocycles. The third kappa shape index (κ3) is 4.56. The standard InChI is InChI=1S/C25H17F3N4O4/c1-15(36-32-23(33)20-4-2-3-5-21(20)24(32)34)16-6-8-17(9-7-16)22-29-14-31(30-22)18-10-12-19(13-11-18)35-25(26,27)28/h2-15H,1H3. The second-order valence-electron chi connectivity index (χ2n) is 7.87. The number of aromatic nitrogens is 3. The fourth-order valence-corrected chi connectivity index (χ4v) is 3.71. The summed E-state index contributed by atoms with van der Waals surface area (Å²) in [5.74, 6) is -0.954. The fourth-order valence-electron chi connectivity index (χ4n) is 3.71. The maximum absolute atomic E-state index is 12.5. The van der Waals surface area contributed by atoms with Gasteiger partial charge in [-0.1, -0.05) is 36.4 Å². The first-order chi connectivity index (χ1) is 17.2. The van der Waals surface area contributed by atoms with E-state index in [0.717, 1.165) is 10.6 Å². The molecule has 1 aromatic heterocycles. The molecule has 0 fully saturated rings. The molecule has 2 heterocycles. The molecule has 0 N–H and O–H groups in total. The lowest BCUT2D eigenvalue weighted by Crippen LogP contribution is -2.31. The van der Waals surface area contributed by atoms with Crippen LogP contribution in [0.1, 0.15) is 39.3 Å². The van der Waals surface area contributed by atoms with Crippen LogP contribution in [0.25, 0.3) is 17.1 Å². The number of carbonyl (C=O) groups is 2. The van der Waals surface area contributed by atoms with E-state index < -0.39 is 24.3 Å². The number of nitrogens with zero attached hydrogens (tertiary/aromatic N) is 4. The maximum Gasteiger partial charge on any atom is 0.573 e. The lowest BCUT2D eigenvalue weighted by molar-refractivity contribution is -0.274. The lowest BCUT2D eigenvalue weighted by Gasteiger charge is -2.19. The number of hydroxylamine groups is 2. The Labute approximate surface area is 202 Å². The molecule has 2 amide bonds. The van der Waals surface area contributed by atoms with Crippen LogP contribution in [0.2, 0.25) is 0 Å². The number of rotatable bonds is 6. The van der Waals surface area contributed by atoms with Gasteiger partial charge in [-0.15, -0.1) is 23.3 Å². The number of ether oxygens (including phenoxy) is 1. The van der Waals surface area contributed by atoms with E-state index in [2.05, 4.69) is 14.8 Å². The molecular weight excluding hydrogens is 477 g/mol. The van der Waals surface area contributed by atoms with Crippen molar-refractivity contribution in [2.45, 2.75) is 19.4 Å². The Morgan fingerprint density at radius 2 is 1.47 bits per heavy atom. The molecule has 0 spiro atoms. The molecule has 0 aliphatic carbocycles. The van der Waals surface area contributed by atoms with Gasteiger partial charge in [0, 0.05) is 5.56 Å². The topological polar surface area (TPSA) is 86.6 Å². The Morgan fingerprint density at radius 3 is 2.06 bits per heavy atom. The van der Waals surface area contributed by atoms with Crippen molar-refractivity contribution in [3.8, 4) is 22.8 Å². The average Bonchev–Trinajstić information content (AvgIpc) is 3.44. The second-order valence-corrected chi connectivity index (χ2v) is 7.87. The molecule has 0 saturated carbocycles. The monoisotopic (exact) mass is 494 g/mol. The number of alkyl halides is 3. The van der Waals surface area contributed by atoms with Crippen molar-refractivity contribution >= 4 is 11.8 Å². The smallest absolute Gasteiger partial charge is 0.406 e. The van der Waals surface area contributed by atoms with Gasteiger partial charge in [-0.25, -0.2) is 9.67 Å².